The van der Waals surface area contributed by atoms with Crippen LogP contribution in [0.2, 0.25) is 0 Å². The fraction of sp³-hybridized carbons (Fsp3) is 0.600. The molecule has 2 atom stereocenters. The van der Waals surface area contributed by atoms with E-state index in [-0.39, 0.29) is 17.7 Å². The predicted octanol–water partition coefficient (Wildman–Crippen LogP) is 2.23. The van der Waals surface area contributed by atoms with Crippen molar-refractivity contribution in [3.05, 3.63) is 35.9 Å². The molecular weight excluding hydrogens is 272 g/mol. The predicted molar refractivity (Wildman–Crippen MR) is 84.1 cm³/mol. The molecular formula is C15H26N2O2S. The standard InChI is InChI=1S/C15H26N2O2S/c1-3-4-10-15(11-16)17-20(18,19)12-13(2)14-8-6-5-7-9-14/h5-9,13,15,17H,3-4,10-12,16H2,1-2H3. The van der Waals surface area contributed by atoms with E-state index in [1.54, 1.807) is 0 Å². The number of hydrogen-bond donors (Lipinski definition) is 2. The van der Waals surface area contributed by atoms with Crippen molar-refractivity contribution in [2.24, 2.45) is 5.73 Å². The Morgan fingerprint density at radius 2 is 1.90 bits per heavy atom. The highest BCUT2D eigenvalue weighted by Crippen LogP contribution is 2.16. The van der Waals surface area contributed by atoms with Crippen LogP contribution in [0.1, 0.15) is 44.6 Å². The minimum absolute atomic E-state index is 0.0294. The Bertz CT molecular complexity index is 474. The molecule has 0 amide bonds. The summed E-state index contributed by atoms with van der Waals surface area (Å²) < 4.78 is 27.1. The van der Waals surface area contributed by atoms with Crippen molar-refractivity contribution < 1.29 is 8.42 Å². The first-order valence-corrected chi connectivity index (χ1v) is 8.88. The summed E-state index contributed by atoms with van der Waals surface area (Å²) in [4.78, 5) is 0. The van der Waals surface area contributed by atoms with Crippen LogP contribution < -0.4 is 10.5 Å². The summed E-state index contributed by atoms with van der Waals surface area (Å²) in [5.74, 6) is 0.0675. The van der Waals surface area contributed by atoms with Crippen LogP contribution >= 0.6 is 0 Å². The van der Waals surface area contributed by atoms with Gasteiger partial charge in [-0.2, -0.15) is 0 Å². The summed E-state index contributed by atoms with van der Waals surface area (Å²) in [5.41, 5.74) is 6.67. The van der Waals surface area contributed by atoms with Crippen LogP contribution in [-0.2, 0) is 10.0 Å². The van der Waals surface area contributed by atoms with Crippen LogP contribution in [0.4, 0.5) is 0 Å². The summed E-state index contributed by atoms with van der Waals surface area (Å²) in [6, 6.07) is 9.54. The lowest BCUT2D eigenvalue weighted by Gasteiger charge is -2.19. The van der Waals surface area contributed by atoms with Crippen molar-refractivity contribution >= 4 is 10.0 Å². The summed E-state index contributed by atoms with van der Waals surface area (Å²) in [7, 11) is -3.30. The van der Waals surface area contributed by atoms with Crippen molar-refractivity contribution in [2.45, 2.75) is 45.1 Å². The minimum atomic E-state index is -3.30. The molecule has 1 aromatic rings. The molecule has 5 heteroatoms. The Kier molecular flexibility index (Phi) is 7.19. The third-order valence-corrected chi connectivity index (χ3v) is 5.01. The molecule has 3 N–H and O–H groups in total. The molecule has 20 heavy (non-hydrogen) atoms. The molecule has 0 radical (unpaired) electrons. The molecule has 0 saturated carbocycles. The Morgan fingerprint density at radius 3 is 2.45 bits per heavy atom. The van der Waals surface area contributed by atoms with Crippen molar-refractivity contribution in [3.63, 3.8) is 0 Å². The lowest BCUT2D eigenvalue weighted by molar-refractivity contribution is 0.514. The highest BCUT2D eigenvalue weighted by molar-refractivity contribution is 7.89. The number of unbranched alkanes of at least 4 members (excludes halogenated alkanes) is 1. The maximum Gasteiger partial charge on any atom is 0.212 e. The first kappa shape index (κ1) is 17.1. The molecule has 0 aliphatic carbocycles. The number of hydrogen-bond acceptors (Lipinski definition) is 3. The third-order valence-electron chi connectivity index (χ3n) is 3.37. The molecule has 1 aromatic carbocycles. The van der Waals surface area contributed by atoms with E-state index in [9.17, 15) is 8.42 Å². The van der Waals surface area contributed by atoms with Gasteiger partial charge in [0, 0.05) is 12.6 Å². The monoisotopic (exact) mass is 298 g/mol. The highest BCUT2D eigenvalue weighted by atomic mass is 32.2. The van der Waals surface area contributed by atoms with Gasteiger partial charge in [-0.05, 0) is 17.9 Å². The van der Waals surface area contributed by atoms with E-state index in [1.807, 2.05) is 37.3 Å². The van der Waals surface area contributed by atoms with E-state index in [1.165, 1.54) is 0 Å². The second kappa shape index (κ2) is 8.39. The van der Waals surface area contributed by atoms with Gasteiger partial charge in [-0.25, -0.2) is 13.1 Å². The van der Waals surface area contributed by atoms with Crippen LogP contribution in [0.25, 0.3) is 0 Å². The minimum Gasteiger partial charge on any atom is -0.329 e. The lowest BCUT2D eigenvalue weighted by Crippen LogP contribution is -2.41. The molecule has 0 aliphatic heterocycles. The second-order valence-electron chi connectivity index (χ2n) is 5.29. The molecule has 0 bridgehead atoms. The normalized spacial score (nSPS) is 14.9. The fourth-order valence-electron chi connectivity index (χ4n) is 2.18. The largest absolute Gasteiger partial charge is 0.329 e. The maximum absolute atomic E-state index is 12.2. The molecule has 0 aliphatic rings. The molecule has 0 heterocycles. The van der Waals surface area contributed by atoms with Gasteiger partial charge in [0.1, 0.15) is 0 Å². The van der Waals surface area contributed by atoms with Gasteiger partial charge in [0.05, 0.1) is 5.75 Å². The van der Waals surface area contributed by atoms with Crippen LogP contribution in [0.5, 0.6) is 0 Å². The topological polar surface area (TPSA) is 72.2 Å². The van der Waals surface area contributed by atoms with E-state index in [4.69, 9.17) is 5.73 Å². The van der Waals surface area contributed by atoms with Gasteiger partial charge in [0.25, 0.3) is 0 Å². The number of nitrogens with one attached hydrogen (secondary N) is 1. The molecule has 2 unspecified atom stereocenters. The van der Waals surface area contributed by atoms with E-state index < -0.39 is 10.0 Å². The summed E-state index contributed by atoms with van der Waals surface area (Å²) in [6.45, 7) is 4.36. The lowest BCUT2D eigenvalue weighted by atomic mass is 10.0. The van der Waals surface area contributed by atoms with Crippen molar-refractivity contribution in [1.29, 1.82) is 0 Å². The van der Waals surface area contributed by atoms with Gasteiger partial charge in [0.2, 0.25) is 10.0 Å². The first-order chi connectivity index (χ1) is 9.48. The maximum atomic E-state index is 12.2. The van der Waals surface area contributed by atoms with Crippen molar-refractivity contribution in [2.75, 3.05) is 12.3 Å². The SMILES string of the molecule is CCCCC(CN)NS(=O)(=O)CC(C)c1ccccc1. The van der Waals surface area contributed by atoms with E-state index in [0.29, 0.717) is 6.54 Å². The molecule has 0 saturated heterocycles. The van der Waals surface area contributed by atoms with Gasteiger partial charge in [-0.3, -0.25) is 0 Å². The second-order valence-corrected chi connectivity index (χ2v) is 7.08. The van der Waals surface area contributed by atoms with Crippen LogP contribution in [0, 0.1) is 0 Å². The van der Waals surface area contributed by atoms with Gasteiger partial charge in [-0.1, -0.05) is 57.0 Å². The highest BCUT2D eigenvalue weighted by Gasteiger charge is 2.20. The Morgan fingerprint density at radius 1 is 1.25 bits per heavy atom. The van der Waals surface area contributed by atoms with Gasteiger partial charge < -0.3 is 5.73 Å². The molecule has 4 nitrogen and oxygen atoms in total. The first-order valence-electron chi connectivity index (χ1n) is 7.23. The average molecular weight is 298 g/mol. The molecule has 0 aromatic heterocycles. The Labute approximate surface area is 122 Å². The van der Waals surface area contributed by atoms with Gasteiger partial charge >= 0.3 is 0 Å². The molecule has 0 spiro atoms. The zero-order valence-corrected chi connectivity index (χ0v) is 13.2. The zero-order chi connectivity index (χ0) is 15.0. The number of nitrogens with two attached hydrogens (primary N) is 1. The number of rotatable bonds is 9. The van der Waals surface area contributed by atoms with Crippen LogP contribution in [-0.4, -0.2) is 26.8 Å². The van der Waals surface area contributed by atoms with E-state index in [2.05, 4.69) is 11.6 Å². The Hall–Kier alpha value is -0.910. The smallest absolute Gasteiger partial charge is 0.212 e. The zero-order valence-electron chi connectivity index (χ0n) is 12.4. The third kappa shape index (κ3) is 6.03. The quantitative estimate of drug-likeness (QED) is 0.734. The summed E-state index contributed by atoms with van der Waals surface area (Å²) in [5, 5.41) is 0. The molecule has 114 valence electrons. The fourth-order valence-corrected chi connectivity index (χ4v) is 3.85. The van der Waals surface area contributed by atoms with E-state index in [0.717, 1.165) is 24.8 Å². The van der Waals surface area contributed by atoms with Crippen LogP contribution in [0.15, 0.2) is 30.3 Å². The van der Waals surface area contributed by atoms with Gasteiger partial charge in [0.15, 0.2) is 0 Å². The van der Waals surface area contributed by atoms with E-state index >= 15 is 0 Å². The van der Waals surface area contributed by atoms with Crippen LogP contribution in [0.3, 0.4) is 0 Å². The molecule has 0 fully saturated rings. The summed E-state index contributed by atoms with van der Waals surface area (Å²) >= 11 is 0. The molecule has 1 rings (SSSR count). The van der Waals surface area contributed by atoms with Gasteiger partial charge in [-0.15, -0.1) is 0 Å². The average Bonchev–Trinajstić information content (AvgIpc) is 2.43. The Balaban J connectivity index is 2.60. The van der Waals surface area contributed by atoms with Crippen molar-refractivity contribution in [1.82, 2.24) is 4.72 Å². The summed E-state index contributed by atoms with van der Waals surface area (Å²) in [6.07, 6.45) is 2.82. The number of sulfonamides is 1. The van der Waals surface area contributed by atoms with Crippen molar-refractivity contribution in [3.8, 4) is 0 Å². The number of benzene rings is 1.